The molecule has 0 heterocycles. The molecule has 2 N–H and O–H groups in total. The molecule has 0 spiro atoms. The van der Waals surface area contributed by atoms with Crippen molar-refractivity contribution in [1.82, 2.24) is 0 Å². The second-order valence-electron chi connectivity index (χ2n) is 2.98. The Morgan fingerprint density at radius 1 is 1.67 bits per heavy atom. The van der Waals surface area contributed by atoms with E-state index in [-0.39, 0.29) is 11.6 Å². The van der Waals surface area contributed by atoms with Crippen LogP contribution in [0, 0.1) is 18.2 Å². The van der Waals surface area contributed by atoms with Crippen LogP contribution in [0.25, 0.3) is 0 Å². The smallest absolute Gasteiger partial charge is 0.221 e. The SMILES string of the molecule is C#C[C@@H](O)c1ccc(F)cc1NC(C)=O. The normalized spacial score (nSPS) is 11.6. The van der Waals surface area contributed by atoms with Crippen molar-refractivity contribution in [2.75, 3.05) is 5.32 Å². The molecule has 1 atom stereocenters. The molecule has 0 bridgehead atoms. The minimum Gasteiger partial charge on any atom is -0.376 e. The molecule has 1 aromatic carbocycles. The van der Waals surface area contributed by atoms with Gasteiger partial charge >= 0.3 is 0 Å². The Morgan fingerprint density at radius 3 is 2.87 bits per heavy atom. The van der Waals surface area contributed by atoms with Gasteiger partial charge in [-0.3, -0.25) is 4.79 Å². The first-order valence-corrected chi connectivity index (χ1v) is 4.26. The maximum atomic E-state index is 12.9. The molecule has 0 unspecified atom stereocenters. The maximum absolute atomic E-state index is 12.9. The van der Waals surface area contributed by atoms with E-state index >= 15 is 0 Å². The van der Waals surface area contributed by atoms with Gasteiger partial charge in [0.15, 0.2) is 0 Å². The number of amides is 1. The van der Waals surface area contributed by atoms with Crippen molar-refractivity contribution in [2.24, 2.45) is 0 Å². The van der Waals surface area contributed by atoms with Crippen molar-refractivity contribution in [3.05, 3.63) is 29.6 Å². The molecule has 0 fully saturated rings. The lowest BCUT2D eigenvalue weighted by atomic mass is 10.1. The van der Waals surface area contributed by atoms with Crippen LogP contribution in [0.1, 0.15) is 18.6 Å². The topological polar surface area (TPSA) is 49.3 Å². The number of halogens is 1. The van der Waals surface area contributed by atoms with Crippen LogP contribution in [-0.2, 0) is 4.79 Å². The second-order valence-corrected chi connectivity index (χ2v) is 2.98. The third-order valence-corrected chi connectivity index (χ3v) is 1.78. The highest BCUT2D eigenvalue weighted by Gasteiger charge is 2.11. The fourth-order valence-corrected chi connectivity index (χ4v) is 1.15. The quantitative estimate of drug-likeness (QED) is 0.721. The monoisotopic (exact) mass is 207 g/mol. The van der Waals surface area contributed by atoms with E-state index < -0.39 is 11.9 Å². The van der Waals surface area contributed by atoms with Crippen LogP contribution in [-0.4, -0.2) is 11.0 Å². The van der Waals surface area contributed by atoms with Crippen molar-refractivity contribution < 1.29 is 14.3 Å². The Hall–Kier alpha value is -1.86. The number of benzene rings is 1. The van der Waals surface area contributed by atoms with Gasteiger partial charge in [0.05, 0.1) is 5.69 Å². The number of carbonyl (C=O) groups excluding carboxylic acids is 1. The lowest BCUT2D eigenvalue weighted by Crippen LogP contribution is -2.10. The number of nitrogens with one attached hydrogen (secondary N) is 1. The van der Waals surface area contributed by atoms with E-state index in [1.165, 1.54) is 19.1 Å². The average Bonchev–Trinajstić information content (AvgIpc) is 2.16. The molecule has 0 saturated heterocycles. The average molecular weight is 207 g/mol. The summed E-state index contributed by atoms with van der Waals surface area (Å²) in [6.07, 6.45) is 3.88. The molecular weight excluding hydrogens is 197 g/mol. The summed E-state index contributed by atoms with van der Waals surface area (Å²) in [6, 6.07) is 3.61. The van der Waals surface area contributed by atoms with Crippen molar-refractivity contribution in [2.45, 2.75) is 13.0 Å². The predicted octanol–water partition coefficient (Wildman–Crippen LogP) is 1.45. The van der Waals surface area contributed by atoms with Crippen LogP contribution < -0.4 is 5.32 Å². The van der Waals surface area contributed by atoms with Crippen molar-refractivity contribution in [3.8, 4) is 12.3 Å². The highest BCUT2D eigenvalue weighted by atomic mass is 19.1. The zero-order valence-corrected chi connectivity index (χ0v) is 8.12. The summed E-state index contributed by atoms with van der Waals surface area (Å²) < 4.78 is 12.9. The second kappa shape index (κ2) is 4.58. The molecule has 1 aromatic rings. The molecule has 0 aliphatic heterocycles. The molecule has 78 valence electrons. The van der Waals surface area contributed by atoms with Crippen LogP contribution in [0.4, 0.5) is 10.1 Å². The van der Waals surface area contributed by atoms with E-state index in [1.54, 1.807) is 0 Å². The first kappa shape index (κ1) is 11.2. The summed E-state index contributed by atoms with van der Waals surface area (Å²) >= 11 is 0. The first-order valence-electron chi connectivity index (χ1n) is 4.26. The highest BCUT2D eigenvalue weighted by molar-refractivity contribution is 5.89. The van der Waals surface area contributed by atoms with Gasteiger partial charge in [-0.05, 0) is 12.1 Å². The van der Waals surface area contributed by atoms with Crippen LogP contribution in [0.5, 0.6) is 0 Å². The maximum Gasteiger partial charge on any atom is 0.221 e. The number of aliphatic hydroxyl groups excluding tert-OH is 1. The molecular formula is C11H10FNO2. The van der Waals surface area contributed by atoms with Gasteiger partial charge in [0, 0.05) is 12.5 Å². The minimum absolute atomic E-state index is 0.188. The third-order valence-electron chi connectivity index (χ3n) is 1.78. The number of aliphatic hydroxyl groups is 1. The van der Waals surface area contributed by atoms with Gasteiger partial charge in [-0.2, -0.15) is 0 Å². The van der Waals surface area contributed by atoms with Crippen molar-refractivity contribution in [3.63, 3.8) is 0 Å². The summed E-state index contributed by atoms with van der Waals surface area (Å²) in [5.41, 5.74) is 0.488. The van der Waals surface area contributed by atoms with Gasteiger partial charge in [0.2, 0.25) is 5.91 Å². The Balaban J connectivity index is 3.15. The number of terminal acetylenes is 1. The van der Waals surface area contributed by atoms with Gasteiger partial charge in [0.1, 0.15) is 11.9 Å². The lowest BCUT2D eigenvalue weighted by molar-refractivity contribution is -0.114. The molecule has 1 rings (SSSR count). The summed E-state index contributed by atoms with van der Waals surface area (Å²) in [7, 11) is 0. The molecule has 0 saturated carbocycles. The fourth-order valence-electron chi connectivity index (χ4n) is 1.15. The van der Waals surface area contributed by atoms with E-state index in [2.05, 4.69) is 11.2 Å². The zero-order valence-electron chi connectivity index (χ0n) is 8.12. The van der Waals surface area contributed by atoms with Crippen LogP contribution in [0.15, 0.2) is 18.2 Å². The standard InChI is InChI=1S/C11H10FNO2/c1-3-11(15)9-5-4-8(12)6-10(9)13-7(2)14/h1,4-6,11,15H,2H3,(H,13,14)/t11-/m1/s1. The fraction of sp³-hybridized carbons (Fsp3) is 0.182. The number of hydrogen-bond acceptors (Lipinski definition) is 2. The third kappa shape index (κ3) is 2.79. The van der Waals surface area contributed by atoms with Gasteiger partial charge in [-0.15, -0.1) is 6.42 Å². The van der Waals surface area contributed by atoms with Crippen LogP contribution in [0.3, 0.4) is 0 Å². The van der Waals surface area contributed by atoms with E-state index in [9.17, 15) is 14.3 Å². The summed E-state index contributed by atoms with van der Waals surface area (Å²) in [4.78, 5) is 10.8. The van der Waals surface area contributed by atoms with E-state index in [4.69, 9.17) is 6.42 Å². The minimum atomic E-state index is -1.16. The summed E-state index contributed by atoms with van der Waals surface area (Å²) in [5.74, 6) is 1.23. The van der Waals surface area contributed by atoms with E-state index in [0.717, 1.165) is 6.07 Å². The molecule has 1 amide bonds. The summed E-state index contributed by atoms with van der Waals surface area (Å²) in [6.45, 7) is 1.29. The molecule has 3 nitrogen and oxygen atoms in total. The van der Waals surface area contributed by atoms with E-state index in [1.807, 2.05) is 0 Å². The van der Waals surface area contributed by atoms with Crippen LogP contribution in [0.2, 0.25) is 0 Å². The number of hydrogen-bond donors (Lipinski definition) is 2. The highest BCUT2D eigenvalue weighted by Crippen LogP contribution is 2.23. The number of anilines is 1. The van der Waals surface area contributed by atoms with Crippen molar-refractivity contribution in [1.29, 1.82) is 0 Å². The Morgan fingerprint density at radius 2 is 2.33 bits per heavy atom. The number of carbonyl (C=O) groups is 1. The molecule has 0 aliphatic carbocycles. The Bertz CT molecular complexity index is 423. The first-order chi connectivity index (χ1) is 7.04. The van der Waals surface area contributed by atoms with Crippen LogP contribution >= 0.6 is 0 Å². The summed E-state index contributed by atoms with van der Waals surface area (Å²) in [5, 5.41) is 11.8. The molecule has 0 aliphatic rings. The van der Waals surface area contributed by atoms with Gasteiger partial charge in [-0.25, -0.2) is 4.39 Å². The zero-order chi connectivity index (χ0) is 11.4. The number of rotatable bonds is 2. The van der Waals surface area contributed by atoms with Gasteiger partial charge in [0.25, 0.3) is 0 Å². The van der Waals surface area contributed by atoms with Gasteiger partial charge < -0.3 is 10.4 Å². The molecule has 4 heteroatoms. The molecule has 0 radical (unpaired) electrons. The van der Waals surface area contributed by atoms with Crippen molar-refractivity contribution >= 4 is 11.6 Å². The molecule has 15 heavy (non-hydrogen) atoms. The molecule has 0 aromatic heterocycles. The lowest BCUT2D eigenvalue weighted by Gasteiger charge is -2.11. The Kier molecular flexibility index (Phi) is 3.42. The van der Waals surface area contributed by atoms with E-state index in [0.29, 0.717) is 5.56 Å². The van der Waals surface area contributed by atoms with Gasteiger partial charge in [-0.1, -0.05) is 12.0 Å². The predicted molar refractivity (Wildman–Crippen MR) is 54.5 cm³/mol. The largest absolute Gasteiger partial charge is 0.376 e. The Labute approximate surface area is 86.9 Å².